The maximum absolute atomic E-state index is 13.2. The molecule has 0 bridgehead atoms. The Morgan fingerprint density at radius 1 is 1.10 bits per heavy atom. The van der Waals surface area contributed by atoms with Crippen LogP contribution >= 0.6 is 0 Å². The van der Waals surface area contributed by atoms with Crippen LogP contribution in [0, 0.1) is 6.92 Å². The van der Waals surface area contributed by atoms with Crippen molar-refractivity contribution >= 4 is 46.2 Å². The van der Waals surface area contributed by atoms with Crippen molar-refractivity contribution < 1.29 is 23.9 Å². The standard InChI is InChI=1S/C39H38N6O5/c1-23-14-28-20-40-33-19-35(24(2)15-30(33)39(48)45(28)21-23)50-13-5-6-37(47)42-36-22-44(3)38(43-36)34(46)16-25-7-9-26(10-8-25)32-18-27-17-29(49-4)11-12-31(27)41-32/h7-12,15,17-20,22,28,41H,1,5-6,13-14,16,21H2,2-4H3,(H,42,47)/t28-/m0/s1. The van der Waals surface area contributed by atoms with E-state index in [1.807, 2.05) is 61.7 Å². The van der Waals surface area contributed by atoms with E-state index in [4.69, 9.17) is 9.47 Å². The van der Waals surface area contributed by atoms with E-state index >= 15 is 0 Å². The van der Waals surface area contributed by atoms with E-state index in [0.717, 1.165) is 51.0 Å². The Kier molecular flexibility index (Phi) is 8.80. The van der Waals surface area contributed by atoms with E-state index in [1.165, 1.54) is 0 Å². The Hall–Kier alpha value is -5.97. The summed E-state index contributed by atoms with van der Waals surface area (Å²) in [5, 5.41) is 3.85. The zero-order valence-corrected chi connectivity index (χ0v) is 28.3. The molecule has 7 rings (SSSR count). The Morgan fingerprint density at radius 2 is 1.92 bits per heavy atom. The molecule has 0 saturated carbocycles. The third-order valence-electron chi connectivity index (χ3n) is 9.12. The van der Waals surface area contributed by atoms with E-state index in [9.17, 15) is 14.4 Å². The highest BCUT2D eigenvalue weighted by atomic mass is 16.5. The fraction of sp³-hybridized carbons (Fsp3) is 0.256. The van der Waals surface area contributed by atoms with Crippen LogP contribution in [0.3, 0.4) is 0 Å². The predicted octanol–water partition coefficient (Wildman–Crippen LogP) is 6.60. The number of ketones is 1. The number of imidazole rings is 1. The molecule has 2 amide bonds. The van der Waals surface area contributed by atoms with Crippen LogP contribution in [0.5, 0.6) is 11.5 Å². The minimum atomic E-state index is -0.229. The number of amides is 2. The number of aromatic nitrogens is 3. The number of nitrogens with zero attached hydrogens (tertiary/aromatic N) is 4. The first-order chi connectivity index (χ1) is 24.1. The minimum Gasteiger partial charge on any atom is -0.497 e. The highest BCUT2D eigenvalue weighted by Crippen LogP contribution is 2.35. The lowest BCUT2D eigenvalue weighted by Gasteiger charge is -2.20. The number of carbonyl (C=O) groups excluding carboxylic acids is 3. The van der Waals surface area contributed by atoms with Crippen molar-refractivity contribution in [1.29, 1.82) is 0 Å². The van der Waals surface area contributed by atoms with Gasteiger partial charge in [0.1, 0.15) is 11.5 Å². The molecular formula is C39H38N6O5. The van der Waals surface area contributed by atoms with Gasteiger partial charge in [0, 0.05) is 61.5 Å². The van der Waals surface area contributed by atoms with Crippen molar-refractivity contribution in [2.45, 2.75) is 38.6 Å². The number of methoxy groups -OCH3 is 1. The average molecular weight is 671 g/mol. The number of ether oxygens (including phenoxy) is 2. The third kappa shape index (κ3) is 6.67. The smallest absolute Gasteiger partial charge is 0.256 e. The molecule has 50 heavy (non-hydrogen) atoms. The summed E-state index contributed by atoms with van der Waals surface area (Å²) in [5.41, 5.74) is 6.85. The molecule has 0 unspecified atom stereocenters. The maximum Gasteiger partial charge on any atom is 0.256 e. The molecule has 2 aliphatic heterocycles. The van der Waals surface area contributed by atoms with E-state index in [1.54, 1.807) is 35.9 Å². The van der Waals surface area contributed by atoms with E-state index in [-0.39, 0.29) is 42.3 Å². The second kappa shape index (κ2) is 13.5. The molecular weight excluding hydrogens is 632 g/mol. The summed E-state index contributed by atoms with van der Waals surface area (Å²) in [6, 6.07) is 19.4. The summed E-state index contributed by atoms with van der Waals surface area (Å²) in [4.78, 5) is 53.2. The molecule has 1 fully saturated rings. The molecule has 1 saturated heterocycles. The van der Waals surface area contributed by atoms with Gasteiger partial charge in [-0.1, -0.05) is 36.4 Å². The van der Waals surface area contributed by atoms with Gasteiger partial charge in [0.25, 0.3) is 5.91 Å². The number of aliphatic imine (C=N–C) groups is 1. The zero-order chi connectivity index (χ0) is 34.9. The van der Waals surface area contributed by atoms with E-state index in [0.29, 0.717) is 42.4 Å². The van der Waals surface area contributed by atoms with Crippen LogP contribution in [0.2, 0.25) is 0 Å². The van der Waals surface area contributed by atoms with Crippen LogP contribution in [0.25, 0.3) is 22.2 Å². The number of anilines is 1. The van der Waals surface area contributed by atoms with Gasteiger partial charge in [-0.2, -0.15) is 0 Å². The van der Waals surface area contributed by atoms with Crippen molar-refractivity contribution in [2.24, 2.45) is 12.0 Å². The summed E-state index contributed by atoms with van der Waals surface area (Å²) in [6.07, 6.45) is 5.01. The fourth-order valence-corrected chi connectivity index (χ4v) is 6.48. The lowest BCUT2D eigenvalue weighted by atomic mass is 10.0. The Labute approximate surface area is 289 Å². The molecule has 2 N–H and O–H groups in total. The molecule has 254 valence electrons. The SMILES string of the molecule is C=C1C[C@H]2C=Nc3cc(OCCCC(=O)Nc4cn(C)c(C(=O)Cc5ccc(-c6cc7cc(OC)ccc7[nH]6)cc5)n4)c(C)cc3C(=O)N2C1. The predicted molar refractivity (Wildman–Crippen MR) is 193 cm³/mol. The van der Waals surface area contributed by atoms with Crippen molar-refractivity contribution in [3.8, 4) is 22.8 Å². The zero-order valence-electron chi connectivity index (χ0n) is 28.3. The molecule has 0 aliphatic carbocycles. The number of aryl methyl sites for hydroxylation is 2. The summed E-state index contributed by atoms with van der Waals surface area (Å²) in [7, 11) is 3.38. The van der Waals surface area contributed by atoms with Crippen LogP contribution in [-0.4, -0.2) is 69.6 Å². The monoisotopic (exact) mass is 670 g/mol. The minimum absolute atomic E-state index is 0.0510. The lowest BCUT2D eigenvalue weighted by Crippen LogP contribution is -2.35. The van der Waals surface area contributed by atoms with Gasteiger partial charge in [0.05, 0.1) is 31.0 Å². The van der Waals surface area contributed by atoms with Crippen LogP contribution in [0.15, 0.2) is 84.0 Å². The number of rotatable bonds is 11. The van der Waals surface area contributed by atoms with Crippen molar-refractivity contribution in [2.75, 3.05) is 25.6 Å². The number of aromatic amines is 1. The summed E-state index contributed by atoms with van der Waals surface area (Å²) in [6.45, 7) is 6.77. The van der Waals surface area contributed by atoms with Gasteiger partial charge < -0.3 is 29.2 Å². The molecule has 11 nitrogen and oxygen atoms in total. The van der Waals surface area contributed by atoms with Crippen molar-refractivity contribution in [3.63, 3.8) is 0 Å². The number of H-pyrrole nitrogens is 1. The first kappa shape index (κ1) is 32.6. The first-order valence-corrected chi connectivity index (χ1v) is 16.6. The Balaban J connectivity index is 0.903. The Morgan fingerprint density at radius 3 is 2.72 bits per heavy atom. The van der Waals surface area contributed by atoms with Gasteiger partial charge in [-0.15, -0.1) is 0 Å². The molecule has 4 heterocycles. The van der Waals surface area contributed by atoms with E-state index in [2.05, 4.69) is 32.9 Å². The second-order valence-corrected chi connectivity index (χ2v) is 12.9. The summed E-state index contributed by atoms with van der Waals surface area (Å²) >= 11 is 0. The third-order valence-corrected chi connectivity index (χ3v) is 9.12. The largest absolute Gasteiger partial charge is 0.497 e. The number of carbonyl (C=O) groups is 3. The number of fused-ring (bicyclic) bond motifs is 3. The number of nitrogens with one attached hydrogen (secondary N) is 2. The van der Waals surface area contributed by atoms with Gasteiger partial charge >= 0.3 is 0 Å². The Bertz CT molecular complexity index is 2180. The van der Waals surface area contributed by atoms with Crippen molar-refractivity contribution in [1.82, 2.24) is 19.4 Å². The van der Waals surface area contributed by atoms with Gasteiger partial charge in [0.15, 0.2) is 11.6 Å². The highest BCUT2D eigenvalue weighted by molar-refractivity contribution is 6.03. The van der Waals surface area contributed by atoms with Crippen LogP contribution < -0.4 is 14.8 Å². The van der Waals surface area contributed by atoms with Gasteiger partial charge in [-0.05, 0) is 66.8 Å². The summed E-state index contributed by atoms with van der Waals surface area (Å²) < 4.78 is 13.0. The molecule has 3 aromatic carbocycles. The normalized spacial score (nSPS) is 15.2. The first-order valence-electron chi connectivity index (χ1n) is 16.6. The van der Waals surface area contributed by atoms with E-state index < -0.39 is 0 Å². The van der Waals surface area contributed by atoms with Crippen LogP contribution in [0.1, 0.15) is 51.4 Å². The van der Waals surface area contributed by atoms with Crippen LogP contribution in [0.4, 0.5) is 11.5 Å². The quantitative estimate of drug-likeness (QED) is 0.0926. The fourth-order valence-electron chi connectivity index (χ4n) is 6.48. The second-order valence-electron chi connectivity index (χ2n) is 12.9. The average Bonchev–Trinajstić information content (AvgIpc) is 3.79. The topological polar surface area (TPSA) is 131 Å². The van der Waals surface area contributed by atoms with Crippen LogP contribution in [-0.2, 0) is 18.3 Å². The molecule has 1 atom stereocenters. The molecule has 5 aromatic rings. The number of benzene rings is 3. The molecule has 0 radical (unpaired) electrons. The maximum atomic E-state index is 13.2. The summed E-state index contributed by atoms with van der Waals surface area (Å²) in [5.74, 6) is 1.58. The molecule has 0 spiro atoms. The molecule has 2 aromatic heterocycles. The highest BCUT2D eigenvalue weighted by Gasteiger charge is 2.33. The van der Waals surface area contributed by atoms with Gasteiger partial charge in [-0.25, -0.2) is 4.98 Å². The lowest BCUT2D eigenvalue weighted by molar-refractivity contribution is -0.116. The van der Waals surface area contributed by atoms with Crippen molar-refractivity contribution in [3.05, 3.63) is 102 Å². The van der Waals surface area contributed by atoms with Gasteiger partial charge in [0.2, 0.25) is 11.7 Å². The number of Topliss-reactive ketones (excluding diaryl/α,β-unsaturated/α-hetero) is 1. The number of hydrogen-bond acceptors (Lipinski definition) is 7. The molecule has 2 aliphatic rings. The number of hydrogen-bond donors (Lipinski definition) is 2. The molecule has 11 heteroatoms. The van der Waals surface area contributed by atoms with Gasteiger partial charge in [-0.3, -0.25) is 19.4 Å².